The van der Waals surface area contributed by atoms with E-state index in [2.05, 4.69) is 59.3 Å². The molecule has 1 aliphatic rings. The van der Waals surface area contributed by atoms with Crippen LogP contribution in [0.15, 0.2) is 35.3 Å². The van der Waals surface area contributed by atoms with Crippen molar-refractivity contribution in [3.63, 3.8) is 0 Å². The van der Waals surface area contributed by atoms with E-state index in [1.165, 1.54) is 17.0 Å². The molecule has 6 nitrogen and oxygen atoms in total. The summed E-state index contributed by atoms with van der Waals surface area (Å²) in [6.45, 7) is 9.79. The molecule has 1 aliphatic heterocycles. The van der Waals surface area contributed by atoms with E-state index in [4.69, 9.17) is 10.7 Å². The van der Waals surface area contributed by atoms with Gasteiger partial charge in [0, 0.05) is 23.5 Å². The number of para-hydroxylation sites is 2. The Morgan fingerprint density at radius 2 is 2.00 bits per heavy atom. The molecule has 1 atom stereocenters. The van der Waals surface area contributed by atoms with Gasteiger partial charge in [-0.2, -0.15) is 0 Å². The Bertz CT molecular complexity index is 975. The van der Waals surface area contributed by atoms with Crippen molar-refractivity contribution in [2.24, 2.45) is 16.6 Å². The van der Waals surface area contributed by atoms with Gasteiger partial charge in [0.2, 0.25) is 5.95 Å². The van der Waals surface area contributed by atoms with Gasteiger partial charge in [0.1, 0.15) is 0 Å². The van der Waals surface area contributed by atoms with Gasteiger partial charge in [0.05, 0.1) is 11.0 Å². The van der Waals surface area contributed by atoms with Crippen molar-refractivity contribution in [1.29, 1.82) is 0 Å². The molecule has 0 saturated heterocycles. The number of nitrogens with zero attached hydrogens (tertiary/aromatic N) is 4. The molecule has 130 valence electrons. The molecule has 0 aliphatic carbocycles. The highest BCUT2D eigenvalue weighted by Crippen LogP contribution is 2.35. The first-order valence-corrected chi connectivity index (χ1v) is 8.69. The van der Waals surface area contributed by atoms with E-state index in [0.29, 0.717) is 11.9 Å². The summed E-state index contributed by atoms with van der Waals surface area (Å²) < 4.78 is 4.50. The number of imidazole rings is 1. The number of guanidine groups is 1. The summed E-state index contributed by atoms with van der Waals surface area (Å²) in [5.74, 6) is 1.73. The molecule has 3 aromatic rings. The van der Waals surface area contributed by atoms with Gasteiger partial charge in [-0.25, -0.2) is 9.98 Å². The van der Waals surface area contributed by atoms with Gasteiger partial charge in [0.25, 0.3) is 0 Å². The van der Waals surface area contributed by atoms with Gasteiger partial charge in [-0.1, -0.05) is 26.0 Å². The predicted molar refractivity (Wildman–Crippen MR) is 102 cm³/mol. The first-order chi connectivity index (χ1) is 12.0. The van der Waals surface area contributed by atoms with Crippen molar-refractivity contribution in [2.45, 2.75) is 40.4 Å². The van der Waals surface area contributed by atoms with E-state index in [1.807, 2.05) is 18.2 Å². The Balaban J connectivity index is 1.90. The van der Waals surface area contributed by atoms with E-state index >= 15 is 0 Å². The van der Waals surface area contributed by atoms with Crippen LogP contribution in [0.4, 0.5) is 5.95 Å². The van der Waals surface area contributed by atoms with Crippen molar-refractivity contribution in [3.8, 4) is 0 Å². The number of rotatable bonds is 3. The Hall–Kier alpha value is -2.76. The zero-order chi connectivity index (χ0) is 17.7. The smallest absolute Gasteiger partial charge is 0.212 e. The number of hydrogen-bond donors (Lipinski definition) is 2. The molecule has 0 saturated carbocycles. The third-order valence-corrected chi connectivity index (χ3v) is 4.78. The van der Waals surface area contributed by atoms with E-state index in [-0.39, 0.29) is 6.17 Å². The monoisotopic (exact) mass is 336 g/mol. The molecular formula is C19H24N6. The third kappa shape index (κ3) is 2.49. The molecule has 25 heavy (non-hydrogen) atoms. The van der Waals surface area contributed by atoms with Crippen molar-refractivity contribution in [1.82, 2.24) is 14.1 Å². The van der Waals surface area contributed by atoms with Gasteiger partial charge in [-0.3, -0.25) is 9.88 Å². The molecule has 2 aromatic heterocycles. The third-order valence-electron chi connectivity index (χ3n) is 4.78. The summed E-state index contributed by atoms with van der Waals surface area (Å²) in [5, 5.41) is 3.09. The minimum atomic E-state index is -0.198. The van der Waals surface area contributed by atoms with Crippen molar-refractivity contribution in [2.75, 3.05) is 5.32 Å². The minimum Gasteiger partial charge on any atom is -0.370 e. The van der Waals surface area contributed by atoms with Crippen LogP contribution in [0.1, 0.15) is 37.0 Å². The molecule has 3 heterocycles. The van der Waals surface area contributed by atoms with Crippen LogP contribution >= 0.6 is 0 Å². The lowest BCUT2D eigenvalue weighted by atomic mass is 10.1. The first kappa shape index (κ1) is 15.7. The lowest BCUT2D eigenvalue weighted by Crippen LogP contribution is -2.31. The summed E-state index contributed by atoms with van der Waals surface area (Å²) >= 11 is 0. The number of nitrogens with two attached hydrogens (primary N) is 1. The van der Waals surface area contributed by atoms with E-state index in [1.54, 1.807) is 0 Å². The van der Waals surface area contributed by atoms with E-state index in [0.717, 1.165) is 23.5 Å². The van der Waals surface area contributed by atoms with Crippen LogP contribution in [0.5, 0.6) is 0 Å². The van der Waals surface area contributed by atoms with Crippen LogP contribution in [-0.2, 0) is 6.54 Å². The number of aryl methyl sites for hydroxylation is 1. The number of fused-ring (bicyclic) bond motifs is 3. The number of aliphatic imine (C=N–C) groups is 1. The molecule has 0 spiro atoms. The standard InChI is InChI=1S/C19H24N6/c1-11(2)10-24-12(3)9-14(13(24)4)17-22-18(20)23-19-21-15-7-5-6-8-16(15)25(17)19/h5-9,11,17H,10H2,1-4H3,(H3,20,21,22,23)/t17-/m0/s1. The summed E-state index contributed by atoms with van der Waals surface area (Å²) in [6, 6.07) is 10.3. The maximum absolute atomic E-state index is 6.05. The maximum Gasteiger partial charge on any atom is 0.212 e. The molecule has 4 rings (SSSR count). The SMILES string of the molecule is Cc1cc([C@H]2N=C(N)Nc3nc4ccccc4n32)c(C)n1CC(C)C. The average Bonchev–Trinajstić information content (AvgIpc) is 3.05. The number of aromatic nitrogens is 3. The summed E-state index contributed by atoms with van der Waals surface area (Å²) in [6.07, 6.45) is -0.198. The van der Waals surface area contributed by atoms with Crippen molar-refractivity contribution in [3.05, 3.63) is 47.3 Å². The zero-order valence-electron chi connectivity index (χ0n) is 15.1. The number of nitrogens with one attached hydrogen (secondary N) is 1. The highest BCUT2D eigenvalue weighted by Gasteiger charge is 2.28. The van der Waals surface area contributed by atoms with Crippen LogP contribution in [0.2, 0.25) is 0 Å². The second-order valence-corrected chi connectivity index (χ2v) is 7.14. The molecule has 0 radical (unpaired) electrons. The van der Waals surface area contributed by atoms with Gasteiger partial charge in [-0.15, -0.1) is 0 Å². The normalized spacial score (nSPS) is 16.8. The number of benzene rings is 1. The average molecular weight is 336 g/mol. The molecule has 0 unspecified atom stereocenters. The Labute approximate surface area is 147 Å². The van der Waals surface area contributed by atoms with Gasteiger partial charge in [-0.05, 0) is 38.0 Å². The van der Waals surface area contributed by atoms with Crippen LogP contribution in [0.3, 0.4) is 0 Å². The van der Waals surface area contributed by atoms with Gasteiger partial charge >= 0.3 is 0 Å². The molecule has 3 N–H and O–H groups in total. The summed E-state index contributed by atoms with van der Waals surface area (Å²) in [4.78, 5) is 9.37. The fraction of sp³-hybridized carbons (Fsp3) is 0.368. The lowest BCUT2D eigenvalue weighted by molar-refractivity contribution is 0.505. The van der Waals surface area contributed by atoms with Crippen molar-refractivity contribution < 1.29 is 0 Å². The number of hydrogen-bond acceptors (Lipinski definition) is 4. The minimum absolute atomic E-state index is 0.198. The van der Waals surface area contributed by atoms with Gasteiger partial charge < -0.3 is 10.3 Å². The van der Waals surface area contributed by atoms with Gasteiger partial charge in [0.15, 0.2) is 12.1 Å². The second kappa shape index (κ2) is 5.65. The maximum atomic E-state index is 6.05. The highest BCUT2D eigenvalue weighted by atomic mass is 15.4. The molecular weight excluding hydrogens is 312 g/mol. The largest absolute Gasteiger partial charge is 0.370 e. The van der Waals surface area contributed by atoms with Crippen LogP contribution in [0.25, 0.3) is 11.0 Å². The zero-order valence-corrected chi connectivity index (χ0v) is 15.1. The topological polar surface area (TPSA) is 73.2 Å². The first-order valence-electron chi connectivity index (χ1n) is 8.69. The molecule has 1 aromatic carbocycles. The molecule has 0 bridgehead atoms. The second-order valence-electron chi connectivity index (χ2n) is 7.14. The van der Waals surface area contributed by atoms with E-state index < -0.39 is 0 Å². The summed E-state index contributed by atoms with van der Waals surface area (Å²) in [7, 11) is 0. The molecule has 0 fully saturated rings. The fourth-order valence-electron chi connectivity index (χ4n) is 3.66. The van der Waals surface area contributed by atoms with Crippen LogP contribution in [-0.4, -0.2) is 20.1 Å². The quantitative estimate of drug-likeness (QED) is 0.770. The lowest BCUT2D eigenvalue weighted by Gasteiger charge is -2.24. The fourth-order valence-corrected chi connectivity index (χ4v) is 3.66. The Morgan fingerprint density at radius 3 is 2.76 bits per heavy atom. The molecule has 0 amide bonds. The van der Waals surface area contributed by atoms with Crippen LogP contribution in [0, 0.1) is 19.8 Å². The molecule has 6 heteroatoms. The predicted octanol–water partition coefficient (Wildman–Crippen LogP) is 3.40. The van der Waals surface area contributed by atoms with E-state index in [9.17, 15) is 0 Å². The van der Waals surface area contributed by atoms with Crippen LogP contribution < -0.4 is 11.1 Å². The Kier molecular flexibility index (Phi) is 3.56. The van der Waals surface area contributed by atoms with Crippen molar-refractivity contribution >= 4 is 22.9 Å². The highest BCUT2D eigenvalue weighted by molar-refractivity contribution is 5.94. The Morgan fingerprint density at radius 1 is 1.24 bits per heavy atom. The summed E-state index contributed by atoms with van der Waals surface area (Å²) in [5.41, 5.74) is 11.7. The number of anilines is 1.